The molecule has 4 bridgehead atoms. The van der Waals surface area contributed by atoms with Crippen LogP contribution in [0.4, 0.5) is 0 Å². The molecule has 5 aliphatic rings. The summed E-state index contributed by atoms with van der Waals surface area (Å²) in [6, 6.07) is 4.53. The Morgan fingerprint density at radius 3 is 2.52 bits per heavy atom. The molecule has 146 valence electrons. The molecule has 29 heavy (non-hydrogen) atoms. The van der Waals surface area contributed by atoms with E-state index in [0.717, 1.165) is 25.7 Å². The number of halogens is 1. The Kier molecular flexibility index (Phi) is 7.21. The molecule has 1 saturated heterocycles. The van der Waals surface area contributed by atoms with E-state index in [1.807, 2.05) is 0 Å². The zero-order valence-corrected chi connectivity index (χ0v) is 22.2. The average Bonchev–Trinajstić information content (AvgIpc) is 2.56. The summed E-state index contributed by atoms with van der Waals surface area (Å²) in [5.41, 5.74) is 1.29. The van der Waals surface area contributed by atoms with E-state index in [0.29, 0.717) is 11.5 Å². The molecular weight excluding hydrogens is 441 g/mol. The molecule has 11 heteroatoms. The van der Waals surface area contributed by atoms with E-state index < -0.39 is 19.2 Å². The Morgan fingerprint density at radius 2 is 1.97 bits per heavy atom. The van der Waals surface area contributed by atoms with Crippen molar-refractivity contribution >= 4 is 19.4 Å². The maximum atomic E-state index is 11.1. The second-order valence-corrected chi connectivity index (χ2v) is 9.32. The van der Waals surface area contributed by atoms with Crippen molar-refractivity contribution in [1.29, 1.82) is 0 Å². The Labute approximate surface area is 218 Å². The zero-order chi connectivity index (χ0) is 19.0. The van der Waals surface area contributed by atoms with Gasteiger partial charge in [0.25, 0.3) is 5.79 Å². The first-order valence-electron chi connectivity index (χ1n) is 8.90. The van der Waals surface area contributed by atoms with Crippen LogP contribution in [0.5, 0.6) is 5.75 Å². The molecule has 1 heterocycles. The first-order chi connectivity index (χ1) is 12.8. The second-order valence-electron chi connectivity index (χ2n) is 7.84. The molecule has 0 radical (unpaired) electrons. The quantitative estimate of drug-likeness (QED) is 0.199. The van der Waals surface area contributed by atoms with Crippen LogP contribution in [0.2, 0.25) is 5.02 Å². The van der Waals surface area contributed by atoms with E-state index in [1.165, 1.54) is 24.8 Å². The molecule has 4 aliphatic carbocycles. The van der Waals surface area contributed by atoms with Gasteiger partial charge in [-0.25, -0.2) is 4.89 Å². The van der Waals surface area contributed by atoms with Gasteiger partial charge in [0.1, 0.15) is 13.6 Å². The molecule has 0 amide bonds. The van der Waals surface area contributed by atoms with Crippen molar-refractivity contribution < 1.29 is 92.5 Å². The summed E-state index contributed by atoms with van der Waals surface area (Å²) < 4.78 is 21.4. The maximum Gasteiger partial charge on any atom is 1.00 e. The van der Waals surface area contributed by atoms with Crippen molar-refractivity contribution in [2.45, 2.75) is 37.1 Å². The third kappa shape index (κ3) is 3.68. The summed E-state index contributed by atoms with van der Waals surface area (Å²) in [7, 11) is -3.72. The smallest absolute Gasteiger partial charge is 0.780 e. The van der Waals surface area contributed by atoms with E-state index in [1.54, 1.807) is 6.07 Å². The van der Waals surface area contributed by atoms with Gasteiger partial charge in [-0.2, -0.15) is 4.89 Å². The average molecular weight is 459 g/mol. The first-order valence-corrected chi connectivity index (χ1v) is 10.7. The zero-order valence-electron chi connectivity index (χ0n) is 16.6. The van der Waals surface area contributed by atoms with E-state index in [2.05, 4.69) is 10.6 Å². The summed E-state index contributed by atoms with van der Waals surface area (Å²) in [5, 5.41) is 0.0124. The van der Waals surface area contributed by atoms with Crippen molar-refractivity contribution in [3.63, 3.8) is 0 Å². The second kappa shape index (κ2) is 8.45. The van der Waals surface area contributed by atoms with Gasteiger partial charge < -0.3 is 23.6 Å². The number of ether oxygens (including phenoxy) is 1. The molecular formula is C18H18ClNa2O7P. The van der Waals surface area contributed by atoms with Crippen LogP contribution in [0.3, 0.4) is 0 Å². The van der Waals surface area contributed by atoms with Crippen LogP contribution in [0.15, 0.2) is 29.8 Å². The van der Waals surface area contributed by atoms with Crippen molar-refractivity contribution in [2.24, 2.45) is 17.8 Å². The van der Waals surface area contributed by atoms with Crippen molar-refractivity contribution in [1.82, 2.24) is 0 Å². The summed E-state index contributed by atoms with van der Waals surface area (Å²) in [5.74, 6) is -0.405. The Hall–Kier alpha value is 1.08. The fraction of sp³-hybridized carbons (Fsp3) is 0.556. The fourth-order valence-electron chi connectivity index (χ4n) is 5.64. The summed E-state index contributed by atoms with van der Waals surface area (Å²) in [6.45, 7) is 0. The van der Waals surface area contributed by atoms with Crippen LogP contribution in [-0.4, -0.2) is 12.7 Å². The number of phosphoric acid groups is 1. The minimum Gasteiger partial charge on any atom is -0.780 e. The Balaban J connectivity index is 0.00000120. The third-order valence-corrected chi connectivity index (χ3v) is 7.21. The third-order valence-electron chi connectivity index (χ3n) is 6.48. The van der Waals surface area contributed by atoms with Gasteiger partial charge in [0.05, 0.1) is 5.02 Å². The van der Waals surface area contributed by atoms with Gasteiger partial charge in [0.15, 0.2) is 5.60 Å². The summed E-state index contributed by atoms with van der Waals surface area (Å²) in [6.07, 6.45) is 6.41. The van der Waals surface area contributed by atoms with E-state index in [4.69, 9.17) is 26.1 Å². The summed E-state index contributed by atoms with van der Waals surface area (Å²) >= 11 is 6.01. The number of hydrogen-bond acceptors (Lipinski definition) is 7. The molecule has 5 atom stereocenters. The van der Waals surface area contributed by atoms with E-state index >= 15 is 0 Å². The molecule has 6 rings (SSSR count). The largest absolute Gasteiger partial charge is 1.00 e. The van der Waals surface area contributed by atoms with Gasteiger partial charge in [-0.15, -0.1) is 0 Å². The van der Waals surface area contributed by atoms with Crippen LogP contribution in [0, 0.1) is 17.8 Å². The van der Waals surface area contributed by atoms with Crippen molar-refractivity contribution in [3.8, 4) is 5.75 Å². The van der Waals surface area contributed by atoms with Gasteiger partial charge in [-0.3, -0.25) is 0 Å². The maximum absolute atomic E-state index is 11.1. The molecule has 3 unspecified atom stereocenters. The molecule has 0 N–H and O–H groups in total. The molecule has 1 aliphatic heterocycles. The number of phosphoric ester groups is 1. The van der Waals surface area contributed by atoms with Crippen LogP contribution in [0.25, 0.3) is 0 Å². The van der Waals surface area contributed by atoms with Gasteiger partial charge in [-0.1, -0.05) is 29.3 Å². The van der Waals surface area contributed by atoms with Gasteiger partial charge >= 0.3 is 59.1 Å². The molecule has 2 saturated carbocycles. The minimum atomic E-state index is -5.25. The van der Waals surface area contributed by atoms with E-state index in [-0.39, 0.29) is 81.7 Å². The van der Waals surface area contributed by atoms with Gasteiger partial charge in [-0.05, 0) is 43.7 Å². The summed E-state index contributed by atoms with van der Waals surface area (Å²) in [4.78, 5) is 33.5. The number of methoxy groups -OCH3 is 1. The van der Waals surface area contributed by atoms with Crippen LogP contribution < -0.4 is 73.4 Å². The number of allylic oxidation sites excluding steroid dienone is 1. The first kappa shape index (κ1) is 24.7. The molecule has 1 spiro atoms. The minimum absolute atomic E-state index is 0. The molecule has 3 fully saturated rings. The number of rotatable bonds is 4. The number of benzene rings is 1. The predicted molar refractivity (Wildman–Crippen MR) is 90.3 cm³/mol. The normalized spacial score (nSPS) is 36.7. The van der Waals surface area contributed by atoms with Crippen molar-refractivity contribution in [3.05, 3.63) is 40.4 Å². The van der Waals surface area contributed by atoms with Crippen molar-refractivity contribution in [2.75, 3.05) is 7.11 Å². The Morgan fingerprint density at radius 1 is 1.21 bits per heavy atom. The molecule has 1 aromatic carbocycles. The van der Waals surface area contributed by atoms with Gasteiger partial charge in [0.2, 0.25) is 0 Å². The monoisotopic (exact) mass is 458 g/mol. The molecule has 0 aromatic heterocycles. The Bertz CT molecular complexity index is 889. The van der Waals surface area contributed by atoms with Crippen LogP contribution in [0.1, 0.15) is 31.2 Å². The fourth-order valence-corrected chi connectivity index (χ4v) is 6.24. The topological polar surface area (TPSA) is 100 Å². The number of hydrogen-bond donors (Lipinski definition) is 0. The van der Waals surface area contributed by atoms with E-state index in [9.17, 15) is 14.4 Å². The molecule has 7 nitrogen and oxygen atoms in total. The van der Waals surface area contributed by atoms with Gasteiger partial charge in [0, 0.05) is 24.5 Å². The van der Waals surface area contributed by atoms with Crippen LogP contribution >= 0.6 is 19.4 Å². The molecule has 1 aromatic rings. The SMILES string of the molecule is COC1(c2ccc(Cl)c(OP(=O)([O-])[O-])c2)OOC12C1CC3=C[C@H]2C[C@@H](C3)C1.[Na+].[Na+]. The predicted octanol–water partition coefficient (Wildman–Crippen LogP) is -3.57. The van der Waals surface area contributed by atoms with Crippen LogP contribution in [-0.2, 0) is 24.9 Å². The standard InChI is InChI=1S/C18H20ClO7P.2Na/c1-23-18(12-2-3-15(19)16(9-12)24-27(20,21)22)17(25-26-18)13-5-10-4-11(7-13)8-14(17)6-10;;/h2-3,5,9,11,13-14H,4,6-8H2,1H3,(H2,20,21,22);;/q;2*+1/p-2/t11-,13+,14?,17?,18?;;/m1../s1.